The first-order chi connectivity index (χ1) is 8.90. The van der Waals surface area contributed by atoms with Crippen molar-refractivity contribution in [2.45, 2.75) is 0 Å². The lowest BCUT2D eigenvalue weighted by molar-refractivity contribution is 0.603. The first-order valence-corrected chi connectivity index (χ1v) is 6.62. The molecule has 0 fully saturated rings. The fourth-order valence-electron chi connectivity index (χ4n) is 2.24. The normalized spacial score (nSPS) is 10.9. The predicted molar refractivity (Wildman–Crippen MR) is 76.6 cm³/mol. The maximum atomic E-state index is 11.2. The van der Waals surface area contributed by atoms with E-state index in [-0.39, 0.29) is 8.46 Å². The van der Waals surface area contributed by atoms with Gasteiger partial charge in [0.25, 0.3) is 0 Å². The van der Waals surface area contributed by atoms with Crippen LogP contribution in [0, 0.1) is 0 Å². The van der Waals surface area contributed by atoms with E-state index in [0.29, 0.717) is 0 Å². The van der Waals surface area contributed by atoms with E-state index in [1.165, 1.54) is 10.8 Å². The molecule has 0 radical (unpaired) electrons. The van der Waals surface area contributed by atoms with Crippen LogP contribution in [0.2, 0.25) is 0 Å². The number of rotatable bonds is 2. The molecule has 0 saturated carbocycles. The van der Waals surface area contributed by atoms with E-state index in [1.54, 1.807) is 0 Å². The molecule has 3 rings (SSSR count). The second-order valence-corrected chi connectivity index (χ2v) is 4.80. The van der Waals surface area contributed by atoms with Gasteiger partial charge in [0.05, 0.1) is 5.30 Å². The highest BCUT2D eigenvalue weighted by molar-refractivity contribution is 7.34. The number of hydrogen-bond donors (Lipinski definition) is 0. The van der Waals surface area contributed by atoms with Gasteiger partial charge in [0.2, 0.25) is 0 Å². The minimum atomic E-state index is 0.0622. The van der Waals surface area contributed by atoms with Crippen molar-refractivity contribution in [1.29, 1.82) is 0 Å². The molecule has 3 aromatic carbocycles. The molecule has 0 N–H and O–H groups in total. The Hall–Kier alpha value is -1.98. The first kappa shape index (κ1) is 11.1. The summed E-state index contributed by atoms with van der Waals surface area (Å²) in [6.07, 6.45) is 0. The van der Waals surface area contributed by atoms with Gasteiger partial charge in [-0.1, -0.05) is 60.7 Å². The van der Waals surface area contributed by atoms with E-state index in [0.717, 1.165) is 16.4 Å². The third-order valence-electron chi connectivity index (χ3n) is 3.08. The van der Waals surface area contributed by atoms with Crippen LogP contribution in [-0.4, -0.2) is 0 Å². The van der Waals surface area contributed by atoms with E-state index in [2.05, 4.69) is 24.3 Å². The van der Waals surface area contributed by atoms with Gasteiger partial charge >= 0.3 is 0 Å². The van der Waals surface area contributed by atoms with Gasteiger partial charge in [0.1, 0.15) is 0 Å². The van der Waals surface area contributed by atoms with Crippen molar-refractivity contribution in [2.24, 2.45) is 0 Å². The quantitative estimate of drug-likeness (QED) is 0.615. The summed E-state index contributed by atoms with van der Waals surface area (Å²) in [4.78, 5) is 0. The Bertz CT molecular complexity index is 714. The van der Waals surface area contributed by atoms with Crippen LogP contribution >= 0.6 is 8.46 Å². The summed E-state index contributed by atoms with van der Waals surface area (Å²) in [5.41, 5.74) is 2.16. The fourth-order valence-corrected chi connectivity index (χ4v) is 2.68. The highest BCUT2D eigenvalue weighted by Crippen LogP contribution is 2.28. The third kappa shape index (κ3) is 1.83. The Kier molecular flexibility index (Phi) is 2.92. The fraction of sp³-hybridized carbons (Fsp3) is 0. The number of fused-ring (bicyclic) bond motifs is 1. The Labute approximate surface area is 107 Å². The summed E-state index contributed by atoms with van der Waals surface area (Å²) in [6.45, 7) is 0. The smallest absolute Gasteiger partial charge is 0.192 e. The molecule has 0 atom stereocenters. The van der Waals surface area contributed by atoms with E-state index in [4.69, 9.17) is 0 Å². The van der Waals surface area contributed by atoms with Crippen LogP contribution in [0.1, 0.15) is 0 Å². The molecule has 0 aromatic heterocycles. The summed E-state index contributed by atoms with van der Waals surface area (Å²) < 4.78 is 11.2. The van der Waals surface area contributed by atoms with Crippen LogP contribution < -0.4 is 5.30 Å². The standard InChI is InChI=1S/C16H11OP/c17-18-16-11-4-3-9-15(16)14-10-5-7-12-6-1-2-8-13(12)14/h1-11H. The van der Waals surface area contributed by atoms with E-state index < -0.39 is 0 Å². The summed E-state index contributed by atoms with van der Waals surface area (Å²) in [6, 6.07) is 22.3. The molecule has 0 spiro atoms. The van der Waals surface area contributed by atoms with Gasteiger partial charge in [-0.25, -0.2) is 0 Å². The SMILES string of the molecule is O=Pc1ccccc1-c1cccc2ccccc12. The van der Waals surface area contributed by atoms with Crippen LogP contribution in [0.3, 0.4) is 0 Å². The van der Waals surface area contributed by atoms with E-state index in [9.17, 15) is 4.57 Å². The average molecular weight is 250 g/mol. The molecular weight excluding hydrogens is 239 g/mol. The number of benzene rings is 3. The Morgan fingerprint density at radius 1 is 0.667 bits per heavy atom. The summed E-state index contributed by atoms with van der Waals surface area (Å²) >= 11 is 0. The molecule has 0 saturated heterocycles. The maximum Gasteiger partial charge on any atom is 0.192 e. The molecular formula is C16H11OP. The van der Waals surface area contributed by atoms with Gasteiger partial charge in [-0.2, -0.15) is 0 Å². The molecule has 3 aromatic rings. The topological polar surface area (TPSA) is 17.1 Å². The van der Waals surface area contributed by atoms with E-state index in [1.807, 2.05) is 42.5 Å². The predicted octanol–water partition coefficient (Wildman–Crippen LogP) is 4.42. The van der Waals surface area contributed by atoms with Gasteiger partial charge in [-0.05, 0) is 28.0 Å². The van der Waals surface area contributed by atoms with E-state index >= 15 is 0 Å². The van der Waals surface area contributed by atoms with Crippen molar-refractivity contribution in [3.05, 3.63) is 66.7 Å². The van der Waals surface area contributed by atoms with Crippen LogP contribution in [0.4, 0.5) is 0 Å². The molecule has 0 aliphatic rings. The van der Waals surface area contributed by atoms with Crippen LogP contribution in [0.15, 0.2) is 66.7 Å². The minimum Gasteiger partial charge on any atom is -0.269 e. The second-order valence-electron chi connectivity index (χ2n) is 4.14. The lowest BCUT2D eigenvalue weighted by Crippen LogP contribution is -1.97. The van der Waals surface area contributed by atoms with Crippen molar-refractivity contribution < 1.29 is 4.57 Å². The zero-order valence-corrected chi connectivity index (χ0v) is 10.6. The largest absolute Gasteiger partial charge is 0.269 e. The summed E-state index contributed by atoms with van der Waals surface area (Å²) in [5.74, 6) is 0. The zero-order valence-electron chi connectivity index (χ0n) is 9.71. The minimum absolute atomic E-state index is 0.0622. The molecule has 2 heteroatoms. The highest BCUT2D eigenvalue weighted by Gasteiger charge is 2.07. The second kappa shape index (κ2) is 4.72. The van der Waals surface area contributed by atoms with Gasteiger partial charge < -0.3 is 0 Å². The maximum absolute atomic E-state index is 11.2. The van der Waals surface area contributed by atoms with Crippen molar-refractivity contribution in [3.8, 4) is 11.1 Å². The average Bonchev–Trinajstić information content (AvgIpc) is 2.46. The van der Waals surface area contributed by atoms with Crippen molar-refractivity contribution in [1.82, 2.24) is 0 Å². The molecule has 0 amide bonds. The molecule has 0 aliphatic carbocycles. The van der Waals surface area contributed by atoms with Crippen LogP contribution in [0.5, 0.6) is 0 Å². The highest BCUT2D eigenvalue weighted by atomic mass is 31.1. The van der Waals surface area contributed by atoms with Gasteiger partial charge in [-0.3, -0.25) is 4.57 Å². The monoisotopic (exact) mass is 250 g/mol. The molecule has 0 bridgehead atoms. The molecule has 86 valence electrons. The summed E-state index contributed by atoms with van der Waals surface area (Å²) in [7, 11) is 0.0622. The van der Waals surface area contributed by atoms with Crippen molar-refractivity contribution in [3.63, 3.8) is 0 Å². The van der Waals surface area contributed by atoms with Crippen LogP contribution in [-0.2, 0) is 4.57 Å². The molecule has 1 nitrogen and oxygen atoms in total. The Morgan fingerprint density at radius 3 is 2.22 bits per heavy atom. The molecule has 0 aliphatic heterocycles. The molecule has 0 heterocycles. The van der Waals surface area contributed by atoms with Gasteiger partial charge in [0, 0.05) is 0 Å². The molecule has 18 heavy (non-hydrogen) atoms. The first-order valence-electron chi connectivity index (χ1n) is 5.80. The van der Waals surface area contributed by atoms with Gasteiger partial charge in [-0.15, -0.1) is 0 Å². The van der Waals surface area contributed by atoms with Crippen molar-refractivity contribution in [2.75, 3.05) is 0 Å². The summed E-state index contributed by atoms with van der Waals surface area (Å²) in [5, 5.41) is 3.22. The van der Waals surface area contributed by atoms with Crippen LogP contribution in [0.25, 0.3) is 21.9 Å². The Morgan fingerprint density at radius 2 is 1.33 bits per heavy atom. The lowest BCUT2D eigenvalue weighted by Gasteiger charge is -2.08. The van der Waals surface area contributed by atoms with Crippen molar-refractivity contribution >= 4 is 24.5 Å². The Balaban J connectivity index is 2.35. The number of hydrogen-bond acceptors (Lipinski definition) is 1. The lowest BCUT2D eigenvalue weighted by atomic mass is 9.98. The van der Waals surface area contributed by atoms with Gasteiger partial charge in [0.15, 0.2) is 8.46 Å². The zero-order chi connectivity index (χ0) is 12.4. The molecule has 0 unspecified atom stereocenters. The third-order valence-corrected chi connectivity index (χ3v) is 3.67.